The predicted molar refractivity (Wildman–Crippen MR) is 52.6 cm³/mol. The van der Waals surface area contributed by atoms with Crippen LogP contribution in [0.25, 0.3) is 0 Å². The summed E-state index contributed by atoms with van der Waals surface area (Å²) < 4.78 is 4.51. The molecule has 0 aliphatic heterocycles. The first-order valence-electron chi connectivity index (χ1n) is 4.25. The lowest BCUT2D eigenvalue weighted by Gasteiger charge is -2.08. The normalized spacial score (nSPS) is 9.73. The van der Waals surface area contributed by atoms with Crippen LogP contribution < -0.4 is 5.73 Å². The van der Waals surface area contributed by atoms with Crippen molar-refractivity contribution in [2.75, 3.05) is 7.11 Å². The molecule has 0 aromatic heterocycles. The van der Waals surface area contributed by atoms with Gasteiger partial charge in [-0.15, -0.1) is 0 Å². The fraction of sp³-hybridized carbons (Fsp3) is 0.200. The predicted octanol–water partition coefficient (Wildman–Crippen LogP) is 0.630. The number of carbonyl (C=O) groups excluding carboxylic acids is 1. The average molecular weight is 209 g/mol. The summed E-state index contributed by atoms with van der Waals surface area (Å²) in [5, 5.41) is 8.88. The van der Waals surface area contributed by atoms with Crippen molar-refractivity contribution in [3.8, 4) is 0 Å². The van der Waals surface area contributed by atoms with Gasteiger partial charge in [-0.2, -0.15) is 0 Å². The number of carboxylic acid groups (broad SMARTS) is 1. The van der Waals surface area contributed by atoms with Gasteiger partial charge in [0, 0.05) is 6.54 Å². The molecule has 15 heavy (non-hydrogen) atoms. The van der Waals surface area contributed by atoms with E-state index < -0.39 is 11.9 Å². The lowest BCUT2D eigenvalue weighted by atomic mass is 10.0. The molecule has 1 aromatic carbocycles. The lowest BCUT2D eigenvalue weighted by Crippen LogP contribution is -2.15. The first-order valence-corrected chi connectivity index (χ1v) is 4.25. The molecule has 0 fully saturated rings. The van der Waals surface area contributed by atoms with Gasteiger partial charge >= 0.3 is 11.9 Å². The second-order valence-corrected chi connectivity index (χ2v) is 2.84. The number of hydrogen-bond acceptors (Lipinski definition) is 4. The van der Waals surface area contributed by atoms with E-state index in [1.54, 1.807) is 6.07 Å². The van der Waals surface area contributed by atoms with Crippen LogP contribution in [0.2, 0.25) is 0 Å². The molecule has 3 N–H and O–H groups in total. The Kier molecular flexibility index (Phi) is 3.41. The van der Waals surface area contributed by atoms with Crippen LogP contribution in [0.3, 0.4) is 0 Å². The van der Waals surface area contributed by atoms with Gasteiger partial charge in [-0.05, 0) is 11.6 Å². The molecular weight excluding hydrogens is 198 g/mol. The van der Waals surface area contributed by atoms with Crippen molar-refractivity contribution in [1.29, 1.82) is 0 Å². The molecule has 0 saturated carbocycles. The molecule has 0 unspecified atom stereocenters. The Bertz CT molecular complexity index is 400. The summed E-state index contributed by atoms with van der Waals surface area (Å²) >= 11 is 0. The molecule has 0 spiro atoms. The molecule has 0 atom stereocenters. The summed E-state index contributed by atoms with van der Waals surface area (Å²) in [4.78, 5) is 22.2. The quantitative estimate of drug-likeness (QED) is 0.712. The van der Waals surface area contributed by atoms with E-state index in [0.29, 0.717) is 5.56 Å². The maximum atomic E-state index is 11.4. The molecule has 0 bridgehead atoms. The van der Waals surface area contributed by atoms with Crippen molar-refractivity contribution >= 4 is 11.9 Å². The highest BCUT2D eigenvalue weighted by Gasteiger charge is 2.19. The van der Waals surface area contributed by atoms with Crippen molar-refractivity contribution in [1.82, 2.24) is 0 Å². The SMILES string of the molecule is COC(=O)c1c(CN)cccc1C(=O)O. The molecule has 0 radical (unpaired) electrons. The first-order chi connectivity index (χ1) is 7.11. The Morgan fingerprint density at radius 1 is 1.47 bits per heavy atom. The summed E-state index contributed by atoms with van der Waals surface area (Å²) in [7, 11) is 1.20. The fourth-order valence-electron chi connectivity index (χ4n) is 1.29. The van der Waals surface area contributed by atoms with Gasteiger partial charge in [0.05, 0.1) is 18.2 Å². The van der Waals surface area contributed by atoms with Crippen molar-refractivity contribution < 1.29 is 19.4 Å². The third-order valence-corrected chi connectivity index (χ3v) is 1.99. The largest absolute Gasteiger partial charge is 0.478 e. The standard InChI is InChI=1S/C10H11NO4/c1-15-10(14)8-6(5-11)3-2-4-7(8)9(12)13/h2-4H,5,11H2,1H3,(H,12,13). The van der Waals surface area contributed by atoms with Crippen LogP contribution >= 0.6 is 0 Å². The number of rotatable bonds is 3. The topological polar surface area (TPSA) is 89.6 Å². The van der Waals surface area contributed by atoms with Crippen LogP contribution in [0.15, 0.2) is 18.2 Å². The van der Waals surface area contributed by atoms with Gasteiger partial charge in [-0.25, -0.2) is 9.59 Å². The monoisotopic (exact) mass is 209 g/mol. The van der Waals surface area contributed by atoms with E-state index in [-0.39, 0.29) is 17.7 Å². The number of ether oxygens (including phenoxy) is 1. The van der Waals surface area contributed by atoms with Gasteiger partial charge < -0.3 is 15.6 Å². The number of nitrogens with two attached hydrogens (primary N) is 1. The second kappa shape index (κ2) is 4.56. The maximum absolute atomic E-state index is 11.4. The zero-order valence-corrected chi connectivity index (χ0v) is 8.19. The van der Waals surface area contributed by atoms with Crippen LogP contribution in [0.4, 0.5) is 0 Å². The van der Waals surface area contributed by atoms with Crippen LogP contribution in [0, 0.1) is 0 Å². The number of hydrogen-bond donors (Lipinski definition) is 2. The zero-order chi connectivity index (χ0) is 11.4. The third kappa shape index (κ3) is 2.13. The van der Waals surface area contributed by atoms with Crippen molar-refractivity contribution in [2.24, 2.45) is 5.73 Å². The van der Waals surface area contributed by atoms with Gasteiger partial charge in [-0.3, -0.25) is 0 Å². The summed E-state index contributed by atoms with van der Waals surface area (Å²) in [5.41, 5.74) is 5.80. The highest BCUT2D eigenvalue weighted by atomic mass is 16.5. The number of esters is 1. The van der Waals surface area contributed by atoms with E-state index in [9.17, 15) is 9.59 Å². The van der Waals surface area contributed by atoms with Gasteiger partial charge in [0.25, 0.3) is 0 Å². The van der Waals surface area contributed by atoms with Crippen LogP contribution in [-0.2, 0) is 11.3 Å². The molecule has 0 aliphatic rings. The number of methoxy groups -OCH3 is 1. The molecule has 5 heteroatoms. The lowest BCUT2D eigenvalue weighted by molar-refractivity contribution is 0.0581. The van der Waals surface area contributed by atoms with Crippen LogP contribution in [0.1, 0.15) is 26.3 Å². The minimum Gasteiger partial charge on any atom is -0.478 e. The second-order valence-electron chi connectivity index (χ2n) is 2.84. The summed E-state index contributed by atoms with van der Waals surface area (Å²) in [5.74, 6) is -1.86. The maximum Gasteiger partial charge on any atom is 0.339 e. The Balaban J connectivity index is 3.40. The molecule has 0 aliphatic carbocycles. The smallest absolute Gasteiger partial charge is 0.339 e. The van der Waals surface area contributed by atoms with E-state index in [1.165, 1.54) is 19.2 Å². The van der Waals surface area contributed by atoms with Crippen LogP contribution in [-0.4, -0.2) is 24.2 Å². The molecular formula is C10H11NO4. The zero-order valence-electron chi connectivity index (χ0n) is 8.19. The molecule has 1 aromatic rings. The molecule has 0 heterocycles. The summed E-state index contributed by atoms with van der Waals surface area (Å²) in [6, 6.07) is 4.48. The molecule has 5 nitrogen and oxygen atoms in total. The van der Waals surface area contributed by atoms with Crippen molar-refractivity contribution in [3.05, 3.63) is 34.9 Å². The Morgan fingerprint density at radius 2 is 2.13 bits per heavy atom. The van der Waals surface area contributed by atoms with E-state index in [1.807, 2.05) is 0 Å². The molecule has 0 amide bonds. The summed E-state index contributed by atoms with van der Waals surface area (Å²) in [6.07, 6.45) is 0. The Morgan fingerprint density at radius 3 is 2.60 bits per heavy atom. The minimum atomic E-state index is -1.18. The van der Waals surface area contributed by atoms with Crippen molar-refractivity contribution in [3.63, 3.8) is 0 Å². The third-order valence-electron chi connectivity index (χ3n) is 1.99. The Hall–Kier alpha value is -1.88. The molecule has 80 valence electrons. The number of aromatic carboxylic acids is 1. The van der Waals surface area contributed by atoms with E-state index in [0.717, 1.165) is 0 Å². The van der Waals surface area contributed by atoms with Gasteiger partial charge in [0.2, 0.25) is 0 Å². The van der Waals surface area contributed by atoms with Gasteiger partial charge in [0.15, 0.2) is 0 Å². The fourth-order valence-corrected chi connectivity index (χ4v) is 1.29. The molecule has 1 rings (SSSR count). The molecule has 0 saturated heterocycles. The highest BCUT2D eigenvalue weighted by molar-refractivity contribution is 6.03. The average Bonchev–Trinajstić information content (AvgIpc) is 2.26. The van der Waals surface area contributed by atoms with E-state index >= 15 is 0 Å². The number of carboxylic acids is 1. The van der Waals surface area contributed by atoms with E-state index in [2.05, 4.69) is 4.74 Å². The highest BCUT2D eigenvalue weighted by Crippen LogP contribution is 2.15. The van der Waals surface area contributed by atoms with Crippen LogP contribution in [0.5, 0.6) is 0 Å². The first kappa shape index (κ1) is 11.2. The van der Waals surface area contributed by atoms with Gasteiger partial charge in [0.1, 0.15) is 0 Å². The van der Waals surface area contributed by atoms with Gasteiger partial charge in [-0.1, -0.05) is 12.1 Å². The Labute approximate surface area is 86.5 Å². The minimum absolute atomic E-state index is 0.0231. The van der Waals surface area contributed by atoms with Crippen molar-refractivity contribution in [2.45, 2.75) is 6.54 Å². The number of benzene rings is 1. The summed E-state index contributed by atoms with van der Waals surface area (Å²) in [6.45, 7) is 0.0888. The number of carbonyl (C=O) groups is 2. The van der Waals surface area contributed by atoms with E-state index in [4.69, 9.17) is 10.8 Å².